The molecule has 0 aliphatic heterocycles. The van der Waals surface area contributed by atoms with E-state index < -0.39 is 0 Å². The van der Waals surface area contributed by atoms with Crippen molar-refractivity contribution in [3.8, 4) is 0 Å². The van der Waals surface area contributed by atoms with Crippen molar-refractivity contribution in [3.05, 3.63) is 12.7 Å². The predicted octanol–water partition coefficient (Wildman–Crippen LogP) is -0.0913. The molecule has 0 amide bonds. The number of allylic oxidation sites excluding steroid dienone is 1. The van der Waals surface area contributed by atoms with Crippen molar-refractivity contribution in [3.63, 3.8) is 0 Å². The maximum atomic E-state index is 4.72. The van der Waals surface area contributed by atoms with Crippen LogP contribution in [0.25, 0.3) is 0 Å². The SMILES string of the molecule is CO[SiH3].[CH]=CC. The van der Waals surface area contributed by atoms with Crippen molar-refractivity contribution < 1.29 is 4.43 Å². The minimum atomic E-state index is 0.869. The Bertz CT molecular complexity index is 21.5. The zero-order valence-electron chi connectivity index (χ0n) is 4.56. The van der Waals surface area contributed by atoms with Crippen molar-refractivity contribution in [2.75, 3.05) is 7.11 Å². The molecular formula is C4H11OSi. The van der Waals surface area contributed by atoms with E-state index in [4.69, 9.17) is 6.58 Å². The maximum Gasteiger partial charge on any atom is 0.145 e. The first-order valence-electron chi connectivity index (χ1n) is 1.73. The third-order valence-corrected chi connectivity index (χ3v) is 0. The molecule has 0 atom stereocenters. The fourth-order valence-corrected chi connectivity index (χ4v) is 0. The summed E-state index contributed by atoms with van der Waals surface area (Å²) in [5.41, 5.74) is 0. The Morgan fingerprint density at radius 2 is 1.83 bits per heavy atom. The third-order valence-electron chi connectivity index (χ3n) is 0. The van der Waals surface area contributed by atoms with Crippen molar-refractivity contribution in [2.45, 2.75) is 6.92 Å². The van der Waals surface area contributed by atoms with Gasteiger partial charge in [-0.1, -0.05) is 12.7 Å². The molecule has 0 aliphatic carbocycles. The van der Waals surface area contributed by atoms with Crippen LogP contribution in [0.3, 0.4) is 0 Å². The molecule has 0 N–H and O–H groups in total. The lowest BCUT2D eigenvalue weighted by atomic mass is 10.8. The van der Waals surface area contributed by atoms with Gasteiger partial charge in [-0.3, -0.25) is 0 Å². The Labute approximate surface area is 42.6 Å². The second kappa shape index (κ2) is 20.5. The molecule has 1 radical (unpaired) electrons. The maximum absolute atomic E-state index is 4.72. The largest absolute Gasteiger partial charge is 0.431 e. The van der Waals surface area contributed by atoms with E-state index >= 15 is 0 Å². The molecule has 0 aromatic heterocycles. The molecule has 0 aromatic carbocycles. The second-order valence-corrected chi connectivity index (χ2v) is 1.56. The van der Waals surface area contributed by atoms with Crippen molar-refractivity contribution >= 4 is 10.5 Å². The van der Waals surface area contributed by atoms with Crippen LogP contribution in [0, 0.1) is 6.58 Å². The van der Waals surface area contributed by atoms with Crippen LogP contribution in [0.2, 0.25) is 0 Å². The van der Waals surface area contributed by atoms with E-state index in [1.54, 1.807) is 14.0 Å². The Hall–Kier alpha value is -0.0831. The highest BCUT2D eigenvalue weighted by molar-refractivity contribution is 5.97. The van der Waals surface area contributed by atoms with Crippen LogP contribution >= 0.6 is 0 Å². The molecule has 2 heteroatoms. The Morgan fingerprint density at radius 3 is 1.83 bits per heavy atom. The van der Waals surface area contributed by atoms with Crippen LogP contribution in [0.1, 0.15) is 6.92 Å². The molecule has 0 rings (SSSR count). The van der Waals surface area contributed by atoms with E-state index in [-0.39, 0.29) is 0 Å². The van der Waals surface area contributed by atoms with Crippen LogP contribution < -0.4 is 0 Å². The normalized spacial score (nSPS) is 5.67. The molecule has 0 fully saturated rings. The molecule has 0 bridgehead atoms. The molecule has 0 heterocycles. The van der Waals surface area contributed by atoms with E-state index in [0.29, 0.717) is 0 Å². The molecule has 0 saturated heterocycles. The zero-order chi connectivity index (χ0) is 5.41. The van der Waals surface area contributed by atoms with Gasteiger partial charge < -0.3 is 4.43 Å². The summed E-state index contributed by atoms with van der Waals surface area (Å²) >= 11 is 0. The van der Waals surface area contributed by atoms with Gasteiger partial charge in [0.1, 0.15) is 10.5 Å². The van der Waals surface area contributed by atoms with Gasteiger partial charge in [-0.25, -0.2) is 0 Å². The van der Waals surface area contributed by atoms with Crippen LogP contribution in [0.5, 0.6) is 0 Å². The van der Waals surface area contributed by atoms with Crippen molar-refractivity contribution in [1.29, 1.82) is 0 Å². The van der Waals surface area contributed by atoms with E-state index in [0.717, 1.165) is 10.5 Å². The van der Waals surface area contributed by atoms with Crippen LogP contribution in [0.15, 0.2) is 6.08 Å². The molecule has 1 nitrogen and oxygen atoms in total. The first-order valence-corrected chi connectivity index (χ1v) is 2.54. The van der Waals surface area contributed by atoms with Crippen LogP contribution in [-0.4, -0.2) is 17.6 Å². The highest BCUT2D eigenvalue weighted by Crippen LogP contribution is 1.36. The van der Waals surface area contributed by atoms with Gasteiger partial charge >= 0.3 is 0 Å². The average Bonchev–Trinajstić information content (AvgIpc) is 1.39. The summed E-state index contributed by atoms with van der Waals surface area (Å²) in [6, 6.07) is 0. The highest BCUT2D eigenvalue weighted by Gasteiger charge is 1.27. The van der Waals surface area contributed by atoms with E-state index in [1.165, 1.54) is 6.08 Å². The molecule has 0 spiro atoms. The van der Waals surface area contributed by atoms with Gasteiger partial charge in [0, 0.05) is 7.11 Å². The summed E-state index contributed by atoms with van der Waals surface area (Å²) < 4.78 is 4.39. The van der Waals surface area contributed by atoms with Gasteiger partial charge in [0.25, 0.3) is 0 Å². The highest BCUT2D eigenvalue weighted by atomic mass is 28.2. The standard InChI is InChI=1S/C3H5.CH6OSi/c1-3-2;1-2-3/h1,3H,2H3;1,3H3. The fourth-order valence-electron chi connectivity index (χ4n) is 0. The molecule has 0 aromatic rings. The van der Waals surface area contributed by atoms with Crippen molar-refractivity contribution in [1.82, 2.24) is 0 Å². The Kier molecular flexibility index (Phi) is 31.9. The lowest BCUT2D eigenvalue weighted by molar-refractivity contribution is 0.460. The lowest BCUT2D eigenvalue weighted by Crippen LogP contribution is -1.60. The van der Waals surface area contributed by atoms with Crippen LogP contribution in [-0.2, 0) is 4.43 Å². The predicted molar refractivity (Wildman–Crippen MR) is 31.5 cm³/mol. The minimum Gasteiger partial charge on any atom is -0.431 e. The second-order valence-electron chi connectivity index (χ2n) is 0.742. The molecule has 0 saturated carbocycles. The fraction of sp³-hybridized carbons (Fsp3) is 0.500. The average molecular weight is 103 g/mol. The summed E-state index contributed by atoms with van der Waals surface area (Å²) in [5.74, 6) is 0. The van der Waals surface area contributed by atoms with Gasteiger partial charge in [-0.15, -0.1) is 0 Å². The summed E-state index contributed by atoms with van der Waals surface area (Å²) in [6.45, 7) is 6.50. The van der Waals surface area contributed by atoms with E-state index in [1.807, 2.05) is 0 Å². The molecule has 0 aliphatic rings. The van der Waals surface area contributed by atoms with E-state index in [9.17, 15) is 0 Å². The molecular weight excluding hydrogens is 92.1 g/mol. The summed E-state index contributed by atoms with van der Waals surface area (Å²) in [6.07, 6.45) is 1.50. The summed E-state index contributed by atoms with van der Waals surface area (Å²) in [7, 11) is 2.56. The number of rotatable bonds is 0. The Balaban J connectivity index is 0. The molecule has 37 valence electrons. The van der Waals surface area contributed by atoms with Crippen molar-refractivity contribution in [2.24, 2.45) is 0 Å². The summed E-state index contributed by atoms with van der Waals surface area (Å²) in [4.78, 5) is 0. The van der Waals surface area contributed by atoms with Gasteiger partial charge in [-0.05, 0) is 6.92 Å². The monoisotopic (exact) mass is 103 g/mol. The van der Waals surface area contributed by atoms with E-state index in [2.05, 4.69) is 4.43 Å². The minimum absolute atomic E-state index is 0.869. The zero-order valence-corrected chi connectivity index (χ0v) is 6.56. The van der Waals surface area contributed by atoms with Gasteiger partial charge in [0.2, 0.25) is 0 Å². The number of hydrogen-bond donors (Lipinski definition) is 0. The summed E-state index contributed by atoms with van der Waals surface area (Å²) in [5, 5.41) is 0. The first-order chi connectivity index (χ1) is 2.83. The van der Waals surface area contributed by atoms with Gasteiger partial charge in [-0.2, -0.15) is 0 Å². The molecule has 0 unspecified atom stereocenters. The Morgan fingerprint density at radius 1 is 1.83 bits per heavy atom. The first kappa shape index (κ1) is 9.32. The quantitative estimate of drug-likeness (QED) is 0.389. The molecule has 6 heavy (non-hydrogen) atoms. The number of hydrogen-bond acceptors (Lipinski definition) is 1. The van der Waals surface area contributed by atoms with Crippen LogP contribution in [0.4, 0.5) is 0 Å². The smallest absolute Gasteiger partial charge is 0.145 e. The lowest BCUT2D eigenvalue weighted by Gasteiger charge is -1.61. The van der Waals surface area contributed by atoms with Gasteiger partial charge in [0.05, 0.1) is 0 Å². The van der Waals surface area contributed by atoms with Gasteiger partial charge in [0.15, 0.2) is 0 Å². The topological polar surface area (TPSA) is 9.23 Å². The third kappa shape index (κ3) is 4820.